The van der Waals surface area contributed by atoms with Gasteiger partial charge < -0.3 is 5.32 Å². The second kappa shape index (κ2) is 7.10. The van der Waals surface area contributed by atoms with E-state index in [1.165, 1.54) is 0 Å². The maximum atomic E-state index is 12.5. The molecule has 0 unspecified atom stereocenters. The highest BCUT2D eigenvalue weighted by Gasteiger charge is 2.12. The largest absolute Gasteiger partial charge is 0.321 e. The third kappa shape index (κ3) is 3.86. The fraction of sp³-hybridized carbons (Fsp3) is 0.235. The van der Waals surface area contributed by atoms with Crippen molar-refractivity contribution in [2.45, 2.75) is 26.7 Å². The maximum Gasteiger partial charge on any atom is 0.255 e. The molecule has 0 aliphatic carbocycles. The Balaban J connectivity index is 2.35. The molecule has 110 valence electrons. The van der Waals surface area contributed by atoms with E-state index >= 15 is 0 Å². The topological polar surface area (TPSA) is 29.1 Å². The second-order valence-corrected chi connectivity index (χ2v) is 6.12. The molecule has 0 bridgehead atoms. The van der Waals surface area contributed by atoms with E-state index in [-0.39, 0.29) is 5.91 Å². The Morgan fingerprint density at radius 3 is 2.29 bits per heavy atom. The van der Waals surface area contributed by atoms with Crippen molar-refractivity contribution in [1.82, 2.24) is 0 Å². The molecule has 2 aromatic rings. The van der Waals surface area contributed by atoms with Crippen molar-refractivity contribution in [3.8, 4) is 0 Å². The number of halogens is 2. The van der Waals surface area contributed by atoms with Gasteiger partial charge in [0.05, 0.1) is 0 Å². The Labute approximate surface area is 138 Å². The molecule has 1 N–H and O–H groups in total. The molecule has 0 spiro atoms. The van der Waals surface area contributed by atoms with Gasteiger partial charge in [0.25, 0.3) is 5.91 Å². The monoisotopic (exact) mass is 365 g/mol. The second-order valence-electron chi connectivity index (χ2n) is 4.77. The minimum atomic E-state index is -0.145. The van der Waals surface area contributed by atoms with E-state index in [1.54, 1.807) is 18.2 Å². The first-order valence-corrected chi connectivity index (χ1v) is 8.10. The average Bonchev–Trinajstić information content (AvgIpc) is 2.46. The lowest BCUT2D eigenvalue weighted by atomic mass is 10.0. The van der Waals surface area contributed by atoms with Gasteiger partial charge in [0.15, 0.2) is 0 Å². The number of nitrogens with one attached hydrogen (secondary N) is 1. The zero-order valence-electron chi connectivity index (χ0n) is 12.0. The molecule has 0 atom stereocenters. The molecule has 4 heteroatoms. The van der Waals surface area contributed by atoms with Crippen molar-refractivity contribution >= 4 is 39.1 Å². The van der Waals surface area contributed by atoms with Crippen LogP contribution in [0.25, 0.3) is 0 Å². The van der Waals surface area contributed by atoms with Crippen molar-refractivity contribution in [2.75, 3.05) is 5.32 Å². The number of rotatable bonds is 4. The normalized spacial score (nSPS) is 10.5. The summed E-state index contributed by atoms with van der Waals surface area (Å²) in [6.45, 7) is 4.17. The quantitative estimate of drug-likeness (QED) is 0.762. The Morgan fingerprint density at radius 1 is 1.14 bits per heavy atom. The molecule has 0 radical (unpaired) electrons. The summed E-state index contributed by atoms with van der Waals surface area (Å²) in [4.78, 5) is 12.5. The standard InChI is InChI=1S/C17H17BrClNO/c1-3-11-6-5-7-12(4-2)16(11)20-17(21)13-8-14(18)10-15(19)9-13/h5-10H,3-4H2,1-2H3,(H,20,21). The van der Waals surface area contributed by atoms with Crippen LogP contribution in [-0.4, -0.2) is 5.91 Å². The van der Waals surface area contributed by atoms with Gasteiger partial charge in [-0.3, -0.25) is 4.79 Å². The molecule has 0 aliphatic heterocycles. The highest BCUT2D eigenvalue weighted by atomic mass is 79.9. The van der Waals surface area contributed by atoms with Gasteiger partial charge >= 0.3 is 0 Å². The van der Waals surface area contributed by atoms with Crippen LogP contribution in [-0.2, 0) is 12.8 Å². The van der Waals surface area contributed by atoms with Crippen LogP contribution < -0.4 is 5.32 Å². The molecule has 21 heavy (non-hydrogen) atoms. The molecular formula is C17H17BrClNO. The summed E-state index contributed by atoms with van der Waals surface area (Å²) >= 11 is 9.36. The smallest absolute Gasteiger partial charge is 0.255 e. The average molecular weight is 367 g/mol. The SMILES string of the molecule is CCc1cccc(CC)c1NC(=O)c1cc(Cl)cc(Br)c1. The van der Waals surface area contributed by atoms with Crippen molar-refractivity contribution in [2.24, 2.45) is 0 Å². The lowest BCUT2D eigenvalue weighted by Crippen LogP contribution is -2.15. The number of benzene rings is 2. The third-order valence-electron chi connectivity index (χ3n) is 3.36. The summed E-state index contributed by atoms with van der Waals surface area (Å²) in [7, 11) is 0. The number of hydrogen-bond acceptors (Lipinski definition) is 1. The molecule has 2 rings (SSSR count). The maximum absolute atomic E-state index is 12.5. The molecule has 2 nitrogen and oxygen atoms in total. The Morgan fingerprint density at radius 2 is 1.76 bits per heavy atom. The summed E-state index contributed by atoms with van der Waals surface area (Å²) in [5.74, 6) is -0.145. The summed E-state index contributed by atoms with van der Waals surface area (Å²) in [5, 5.41) is 3.57. The Hall–Kier alpha value is -1.32. The van der Waals surface area contributed by atoms with E-state index in [4.69, 9.17) is 11.6 Å². The van der Waals surface area contributed by atoms with Crippen LogP contribution in [0.15, 0.2) is 40.9 Å². The third-order valence-corrected chi connectivity index (χ3v) is 4.04. The van der Waals surface area contributed by atoms with Crippen molar-refractivity contribution < 1.29 is 4.79 Å². The van der Waals surface area contributed by atoms with Gasteiger partial charge in [0.1, 0.15) is 0 Å². The molecule has 0 fully saturated rings. The molecule has 1 amide bonds. The van der Waals surface area contributed by atoms with Crippen molar-refractivity contribution in [3.05, 3.63) is 62.6 Å². The first-order chi connectivity index (χ1) is 10.0. The highest BCUT2D eigenvalue weighted by Crippen LogP contribution is 2.25. The molecule has 0 saturated carbocycles. The van der Waals surface area contributed by atoms with Crippen LogP contribution in [0.5, 0.6) is 0 Å². The van der Waals surface area contributed by atoms with Crippen molar-refractivity contribution in [3.63, 3.8) is 0 Å². The Kier molecular flexibility index (Phi) is 5.43. The highest BCUT2D eigenvalue weighted by molar-refractivity contribution is 9.10. The number of hydrogen-bond donors (Lipinski definition) is 1. The van der Waals surface area contributed by atoms with Crippen LogP contribution in [0, 0.1) is 0 Å². The first-order valence-electron chi connectivity index (χ1n) is 6.93. The molecule has 0 heterocycles. The van der Waals surface area contributed by atoms with Crippen LogP contribution in [0.3, 0.4) is 0 Å². The Bertz CT molecular complexity index is 627. The fourth-order valence-electron chi connectivity index (χ4n) is 2.27. The zero-order valence-corrected chi connectivity index (χ0v) is 14.4. The van der Waals surface area contributed by atoms with E-state index in [0.717, 1.165) is 34.1 Å². The number of para-hydroxylation sites is 1. The minimum Gasteiger partial charge on any atom is -0.321 e. The number of carbonyl (C=O) groups is 1. The van der Waals surface area contributed by atoms with Gasteiger partial charge in [-0.05, 0) is 42.2 Å². The van der Waals surface area contributed by atoms with E-state index in [2.05, 4.69) is 35.1 Å². The van der Waals surface area contributed by atoms with E-state index in [0.29, 0.717) is 10.6 Å². The first kappa shape index (κ1) is 16.1. The summed E-state index contributed by atoms with van der Waals surface area (Å²) in [6, 6.07) is 11.3. The van der Waals surface area contributed by atoms with Gasteiger partial charge in [-0.25, -0.2) is 0 Å². The molecule has 0 saturated heterocycles. The summed E-state index contributed by atoms with van der Waals surface area (Å²) in [5.41, 5.74) is 3.75. The van der Waals surface area contributed by atoms with Crippen LogP contribution in [0.1, 0.15) is 35.3 Å². The van der Waals surface area contributed by atoms with Crippen LogP contribution >= 0.6 is 27.5 Å². The number of amides is 1. The van der Waals surface area contributed by atoms with Gasteiger partial charge in [-0.1, -0.05) is 59.6 Å². The molecule has 2 aromatic carbocycles. The van der Waals surface area contributed by atoms with Crippen molar-refractivity contribution in [1.29, 1.82) is 0 Å². The van der Waals surface area contributed by atoms with Crippen LogP contribution in [0.4, 0.5) is 5.69 Å². The lowest BCUT2D eigenvalue weighted by Gasteiger charge is -2.14. The van der Waals surface area contributed by atoms with Gasteiger partial charge in [-0.2, -0.15) is 0 Å². The van der Waals surface area contributed by atoms with E-state index < -0.39 is 0 Å². The number of anilines is 1. The molecular weight excluding hydrogens is 350 g/mol. The van der Waals surface area contributed by atoms with Gasteiger partial charge in [0.2, 0.25) is 0 Å². The molecule has 0 aliphatic rings. The van der Waals surface area contributed by atoms with Gasteiger partial charge in [0, 0.05) is 20.7 Å². The lowest BCUT2D eigenvalue weighted by molar-refractivity contribution is 0.102. The van der Waals surface area contributed by atoms with Crippen LogP contribution in [0.2, 0.25) is 5.02 Å². The predicted molar refractivity (Wildman–Crippen MR) is 92.3 cm³/mol. The summed E-state index contributed by atoms with van der Waals surface area (Å²) < 4.78 is 0.791. The van der Waals surface area contributed by atoms with E-state index in [9.17, 15) is 4.79 Å². The molecule has 0 aromatic heterocycles. The van der Waals surface area contributed by atoms with E-state index in [1.807, 2.05) is 18.2 Å². The minimum absolute atomic E-state index is 0.145. The zero-order chi connectivity index (χ0) is 15.4. The number of aryl methyl sites for hydroxylation is 2. The number of carbonyl (C=O) groups excluding carboxylic acids is 1. The van der Waals surface area contributed by atoms with Gasteiger partial charge in [-0.15, -0.1) is 0 Å². The fourth-order valence-corrected chi connectivity index (χ4v) is 3.13. The summed E-state index contributed by atoms with van der Waals surface area (Å²) in [6.07, 6.45) is 1.76. The predicted octanol–water partition coefficient (Wildman–Crippen LogP) is 5.48.